The van der Waals surface area contributed by atoms with Crippen molar-refractivity contribution in [2.75, 3.05) is 19.6 Å². The van der Waals surface area contributed by atoms with Gasteiger partial charge < -0.3 is 10.0 Å². The molecule has 1 aliphatic heterocycles. The summed E-state index contributed by atoms with van der Waals surface area (Å²) in [6.07, 6.45) is 3.13. The van der Waals surface area contributed by atoms with E-state index < -0.39 is 5.60 Å². The van der Waals surface area contributed by atoms with Gasteiger partial charge in [-0.15, -0.1) is 0 Å². The Morgan fingerprint density at radius 3 is 2.45 bits per heavy atom. The van der Waals surface area contributed by atoms with Gasteiger partial charge in [-0.3, -0.25) is 9.36 Å². The lowest BCUT2D eigenvalue weighted by Crippen LogP contribution is -2.48. The summed E-state index contributed by atoms with van der Waals surface area (Å²) in [5.74, 6) is 1.27. The topological polar surface area (TPSA) is 58.4 Å². The third-order valence-corrected chi connectivity index (χ3v) is 6.74. The van der Waals surface area contributed by atoms with Crippen LogP contribution >= 0.6 is 0 Å². The highest BCUT2D eigenvalue weighted by molar-refractivity contribution is 5.77. The lowest BCUT2D eigenvalue weighted by Gasteiger charge is -2.39. The van der Waals surface area contributed by atoms with E-state index >= 15 is 0 Å². The van der Waals surface area contributed by atoms with Crippen LogP contribution in [-0.2, 0) is 13.0 Å². The Kier molecular flexibility index (Phi) is 6.54. The van der Waals surface area contributed by atoms with Crippen LogP contribution in [0.4, 0.5) is 0 Å². The normalized spacial score (nSPS) is 17.6. The Morgan fingerprint density at radius 1 is 1.06 bits per heavy atom. The first-order valence-electron chi connectivity index (χ1n) is 11.5. The fourth-order valence-corrected chi connectivity index (χ4v) is 4.62. The van der Waals surface area contributed by atoms with Gasteiger partial charge in [0.05, 0.1) is 23.0 Å². The van der Waals surface area contributed by atoms with Crippen molar-refractivity contribution in [3.05, 3.63) is 76.3 Å². The predicted molar refractivity (Wildman–Crippen MR) is 125 cm³/mol. The largest absolute Gasteiger partial charge is 0.388 e. The van der Waals surface area contributed by atoms with Crippen molar-refractivity contribution in [1.82, 2.24) is 14.5 Å². The van der Waals surface area contributed by atoms with Crippen molar-refractivity contribution in [3.8, 4) is 0 Å². The summed E-state index contributed by atoms with van der Waals surface area (Å²) < 4.78 is 1.70. The maximum absolute atomic E-state index is 13.1. The Bertz CT molecular complexity index is 1070. The summed E-state index contributed by atoms with van der Waals surface area (Å²) in [6, 6.07) is 18.1. The van der Waals surface area contributed by atoms with Gasteiger partial charge in [0.2, 0.25) is 0 Å². The molecule has 3 aromatic rings. The third-order valence-electron chi connectivity index (χ3n) is 6.74. The summed E-state index contributed by atoms with van der Waals surface area (Å²) >= 11 is 0. The molecule has 5 nitrogen and oxygen atoms in total. The number of piperidine rings is 1. The molecule has 1 fully saturated rings. The average molecular weight is 420 g/mol. The highest BCUT2D eigenvalue weighted by Crippen LogP contribution is 2.26. The van der Waals surface area contributed by atoms with Crippen LogP contribution < -0.4 is 5.56 Å². The number of aliphatic hydroxyl groups is 1. The molecule has 1 aromatic heterocycles. The van der Waals surface area contributed by atoms with Crippen molar-refractivity contribution >= 4 is 10.9 Å². The monoisotopic (exact) mass is 419 g/mol. The lowest BCUT2D eigenvalue weighted by atomic mass is 9.90. The number of nitrogens with zero attached hydrogens (tertiary/aromatic N) is 3. The van der Waals surface area contributed by atoms with Crippen LogP contribution in [0.3, 0.4) is 0 Å². The van der Waals surface area contributed by atoms with Gasteiger partial charge in [0.15, 0.2) is 0 Å². The molecule has 4 rings (SSSR count). The van der Waals surface area contributed by atoms with Gasteiger partial charge in [0.1, 0.15) is 5.82 Å². The highest BCUT2D eigenvalue weighted by atomic mass is 16.3. The van der Waals surface area contributed by atoms with Gasteiger partial charge in [-0.05, 0) is 49.4 Å². The summed E-state index contributed by atoms with van der Waals surface area (Å²) in [5, 5.41) is 11.9. The molecule has 2 aromatic carbocycles. The van der Waals surface area contributed by atoms with Crippen LogP contribution in [0.15, 0.2) is 59.4 Å². The molecule has 0 amide bonds. The Balaban J connectivity index is 1.40. The van der Waals surface area contributed by atoms with Crippen LogP contribution in [0.5, 0.6) is 0 Å². The lowest BCUT2D eigenvalue weighted by molar-refractivity contribution is -0.0356. The maximum Gasteiger partial charge on any atom is 0.261 e. The maximum atomic E-state index is 13.1. The summed E-state index contributed by atoms with van der Waals surface area (Å²) in [7, 11) is 0. The van der Waals surface area contributed by atoms with Gasteiger partial charge in [0.25, 0.3) is 5.56 Å². The van der Waals surface area contributed by atoms with Crippen LogP contribution in [0.2, 0.25) is 0 Å². The Labute approximate surface area is 184 Å². The minimum absolute atomic E-state index is 0.0463. The summed E-state index contributed by atoms with van der Waals surface area (Å²) in [4.78, 5) is 20.2. The number of para-hydroxylation sites is 1. The molecule has 2 heterocycles. The molecular weight excluding hydrogens is 386 g/mol. The fraction of sp³-hybridized carbons (Fsp3) is 0.462. The van der Waals surface area contributed by atoms with Gasteiger partial charge in [-0.2, -0.15) is 0 Å². The van der Waals surface area contributed by atoms with E-state index in [-0.39, 0.29) is 5.56 Å². The van der Waals surface area contributed by atoms with Crippen molar-refractivity contribution < 1.29 is 5.11 Å². The standard InChI is InChI=1S/C26H33N3O2/c1-3-24-27-23-12-8-7-11-22(23)25(30)29(24)19-26(31)14-17-28(18-15-26)16-13-20(2)21-9-5-4-6-10-21/h4-12,20,31H,3,13-19H2,1-2H3/t20-/m0/s1. The molecule has 0 unspecified atom stereocenters. The average Bonchev–Trinajstić information content (AvgIpc) is 2.81. The molecule has 5 heteroatoms. The molecule has 0 bridgehead atoms. The third kappa shape index (κ3) is 4.89. The van der Waals surface area contributed by atoms with E-state index in [9.17, 15) is 9.90 Å². The Morgan fingerprint density at radius 2 is 1.74 bits per heavy atom. The zero-order valence-corrected chi connectivity index (χ0v) is 18.6. The van der Waals surface area contributed by atoms with Crippen LogP contribution in [-0.4, -0.2) is 44.8 Å². The summed E-state index contributed by atoms with van der Waals surface area (Å²) in [6.45, 7) is 7.35. The molecule has 31 heavy (non-hydrogen) atoms. The molecule has 0 spiro atoms. The number of fused-ring (bicyclic) bond motifs is 1. The number of hydrogen-bond donors (Lipinski definition) is 1. The van der Waals surface area contributed by atoms with E-state index in [0.29, 0.717) is 37.1 Å². The predicted octanol–water partition coefficient (Wildman–Crippen LogP) is 3.98. The van der Waals surface area contributed by atoms with Gasteiger partial charge in [0, 0.05) is 19.5 Å². The molecular formula is C26H33N3O2. The van der Waals surface area contributed by atoms with E-state index in [1.54, 1.807) is 4.57 Å². The highest BCUT2D eigenvalue weighted by Gasteiger charge is 2.33. The number of hydrogen-bond acceptors (Lipinski definition) is 4. The van der Waals surface area contributed by atoms with Gasteiger partial charge >= 0.3 is 0 Å². The van der Waals surface area contributed by atoms with Crippen molar-refractivity contribution in [3.63, 3.8) is 0 Å². The molecule has 0 radical (unpaired) electrons. The van der Waals surface area contributed by atoms with Gasteiger partial charge in [-0.25, -0.2) is 4.98 Å². The van der Waals surface area contributed by atoms with E-state index in [4.69, 9.17) is 0 Å². The molecule has 1 N–H and O–H groups in total. The molecule has 0 saturated carbocycles. The number of benzene rings is 2. The van der Waals surface area contributed by atoms with Crippen molar-refractivity contribution in [1.29, 1.82) is 0 Å². The van der Waals surface area contributed by atoms with E-state index in [1.807, 2.05) is 31.2 Å². The number of aromatic nitrogens is 2. The molecule has 1 saturated heterocycles. The number of likely N-dealkylation sites (tertiary alicyclic amines) is 1. The van der Waals surface area contributed by atoms with Crippen LogP contribution in [0, 0.1) is 0 Å². The first kappa shape index (κ1) is 21.7. The zero-order chi connectivity index (χ0) is 21.8. The molecule has 164 valence electrons. The SMILES string of the molecule is CCc1nc2ccccc2c(=O)n1CC1(O)CCN(CC[C@H](C)c2ccccc2)CC1. The number of rotatable bonds is 7. The zero-order valence-electron chi connectivity index (χ0n) is 18.6. The molecule has 0 aliphatic carbocycles. The van der Waals surface area contributed by atoms with Crippen LogP contribution in [0.25, 0.3) is 10.9 Å². The molecule has 1 atom stereocenters. The number of aryl methyl sites for hydroxylation is 1. The Hall–Kier alpha value is -2.50. The van der Waals surface area contributed by atoms with E-state index in [1.165, 1.54) is 5.56 Å². The summed E-state index contributed by atoms with van der Waals surface area (Å²) in [5.41, 5.74) is 1.20. The smallest absolute Gasteiger partial charge is 0.261 e. The minimum atomic E-state index is -0.862. The first-order chi connectivity index (χ1) is 15.0. The van der Waals surface area contributed by atoms with E-state index in [0.717, 1.165) is 37.4 Å². The second kappa shape index (κ2) is 9.33. The quantitative estimate of drug-likeness (QED) is 0.629. The van der Waals surface area contributed by atoms with Crippen LogP contribution in [0.1, 0.15) is 50.4 Å². The van der Waals surface area contributed by atoms with E-state index in [2.05, 4.69) is 47.1 Å². The minimum Gasteiger partial charge on any atom is -0.388 e. The second-order valence-electron chi connectivity index (χ2n) is 8.96. The molecule has 1 aliphatic rings. The van der Waals surface area contributed by atoms with Gasteiger partial charge in [-0.1, -0.05) is 56.3 Å². The first-order valence-corrected chi connectivity index (χ1v) is 11.5. The fourth-order valence-electron chi connectivity index (χ4n) is 4.62. The van der Waals surface area contributed by atoms with Crippen molar-refractivity contribution in [2.24, 2.45) is 0 Å². The van der Waals surface area contributed by atoms with Crippen molar-refractivity contribution in [2.45, 2.75) is 57.6 Å². The second-order valence-corrected chi connectivity index (χ2v) is 8.96.